The van der Waals surface area contributed by atoms with Gasteiger partial charge in [0.25, 0.3) is 0 Å². The predicted molar refractivity (Wildman–Crippen MR) is 61.6 cm³/mol. The molecule has 3 rings (SSSR count). The minimum absolute atomic E-state index is 0.0766. The number of carboxylic acid groups (broad SMARTS) is 1. The molecular formula is C10H5N3O3Se. The zero-order valence-electron chi connectivity index (χ0n) is 8.30. The molecule has 2 aromatic heterocycles. The van der Waals surface area contributed by atoms with E-state index in [0.717, 1.165) is 11.7 Å². The molecule has 0 spiro atoms. The number of aromatic amines is 1. The van der Waals surface area contributed by atoms with E-state index >= 15 is 0 Å². The van der Waals surface area contributed by atoms with Crippen molar-refractivity contribution in [3.63, 3.8) is 0 Å². The van der Waals surface area contributed by atoms with Crippen LogP contribution in [0.4, 0.5) is 0 Å². The monoisotopic (exact) mass is 295 g/mol. The van der Waals surface area contributed by atoms with Crippen molar-refractivity contribution in [2.75, 3.05) is 0 Å². The van der Waals surface area contributed by atoms with Gasteiger partial charge in [0, 0.05) is 0 Å². The molecule has 84 valence electrons. The number of aromatic carboxylic acids is 1. The third-order valence-corrected chi connectivity index (χ3v) is 3.71. The zero-order chi connectivity index (χ0) is 12.0. The second-order valence-electron chi connectivity index (χ2n) is 3.45. The number of hydrogen-bond acceptors (Lipinski definition) is 4. The molecule has 0 saturated carbocycles. The van der Waals surface area contributed by atoms with Gasteiger partial charge in [-0.15, -0.1) is 0 Å². The molecule has 0 unspecified atom stereocenters. The number of rotatable bonds is 1. The number of benzene rings is 1. The van der Waals surface area contributed by atoms with Crippen LogP contribution in [-0.2, 0) is 0 Å². The Bertz CT molecular complexity index is 805. The van der Waals surface area contributed by atoms with E-state index in [9.17, 15) is 9.59 Å². The van der Waals surface area contributed by atoms with Crippen molar-refractivity contribution in [1.82, 2.24) is 12.9 Å². The second-order valence-corrected chi connectivity index (χ2v) is 4.64. The van der Waals surface area contributed by atoms with Crippen LogP contribution in [0.25, 0.3) is 21.9 Å². The van der Waals surface area contributed by atoms with Gasteiger partial charge >= 0.3 is 99.8 Å². The summed E-state index contributed by atoms with van der Waals surface area (Å²) in [4.78, 5) is 26.7. The van der Waals surface area contributed by atoms with Crippen molar-refractivity contribution in [3.05, 3.63) is 34.1 Å². The maximum absolute atomic E-state index is 11.9. The number of H-pyrrole nitrogens is 1. The SMILES string of the molecule is O=C(O)c1cnc2c(ccc3[nH][se]nc32)c1=O. The first-order chi connectivity index (χ1) is 8.18. The molecule has 2 heterocycles. The van der Waals surface area contributed by atoms with Crippen LogP contribution in [-0.4, -0.2) is 39.0 Å². The van der Waals surface area contributed by atoms with Crippen molar-refractivity contribution < 1.29 is 9.90 Å². The van der Waals surface area contributed by atoms with Gasteiger partial charge in [-0.05, 0) is 0 Å². The molecule has 0 aliphatic carbocycles. The third kappa shape index (κ3) is 1.40. The number of pyridine rings is 1. The summed E-state index contributed by atoms with van der Waals surface area (Å²) in [6.07, 6.45) is 1.09. The summed E-state index contributed by atoms with van der Waals surface area (Å²) >= 11 is -0.0766. The van der Waals surface area contributed by atoms with Crippen molar-refractivity contribution >= 4 is 42.9 Å². The van der Waals surface area contributed by atoms with E-state index in [-0.39, 0.29) is 20.5 Å². The standard InChI is InChI=1S/C10H5N3O3Se/c14-9-4-1-2-6-8(13-17-12-6)7(4)11-3-5(9)10(15)16/h1-3,12H,(H,15,16). The first-order valence-corrected chi connectivity index (χ1v) is 6.30. The van der Waals surface area contributed by atoms with E-state index in [2.05, 4.69) is 12.9 Å². The number of carboxylic acids is 1. The fourth-order valence-electron chi connectivity index (χ4n) is 1.67. The van der Waals surface area contributed by atoms with Gasteiger partial charge in [0.2, 0.25) is 0 Å². The molecule has 7 heteroatoms. The molecule has 17 heavy (non-hydrogen) atoms. The second kappa shape index (κ2) is 3.51. The third-order valence-electron chi connectivity index (χ3n) is 2.49. The molecule has 0 saturated heterocycles. The molecule has 0 fully saturated rings. The van der Waals surface area contributed by atoms with Crippen molar-refractivity contribution in [2.45, 2.75) is 0 Å². The number of carbonyl (C=O) groups is 1. The average molecular weight is 294 g/mol. The number of nitrogens with zero attached hydrogens (tertiary/aromatic N) is 2. The van der Waals surface area contributed by atoms with Crippen LogP contribution >= 0.6 is 0 Å². The summed E-state index contributed by atoms with van der Waals surface area (Å²) in [5, 5.41) is 9.14. The Balaban J connectivity index is 2.53. The van der Waals surface area contributed by atoms with Gasteiger partial charge in [-0.3, -0.25) is 0 Å². The molecule has 0 bridgehead atoms. The van der Waals surface area contributed by atoms with Crippen molar-refractivity contribution in [3.8, 4) is 0 Å². The molecule has 0 amide bonds. The van der Waals surface area contributed by atoms with Gasteiger partial charge in [0.05, 0.1) is 0 Å². The number of hydrogen-bond donors (Lipinski definition) is 2. The molecule has 0 atom stereocenters. The van der Waals surface area contributed by atoms with E-state index in [1.807, 2.05) is 0 Å². The Morgan fingerprint density at radius 1 is 1.35 bits per heavy atom. The van der Waals surface area contributed by atoms with E-state index in [0.29, 0.717) is 16.4 Å². The summed E-state index contributed by atoms with van der Waals surface area (Å²) < 4.78 is 7.33. The summed E-state index contributed by atoms with van der Waals surface area (Å²) in [6, 6.07) is 3.31. The molecule has 1 aromatic carbocycles. The van der Waals surface area contributed by atoms with Crippen LogP contribution in [0.3, 0.4) is 0 Å². The summed E-state index contributed by atoms with van der Waals surface area (Å²) in [6.45, 7) is 0. The normalized spacial score (nSPS) is 11.1. The van der Waals surface area contributed by atoms with Crippen LogP contribution in [0.2, 0.25) is 0 Å². The molecular weight excluding hydrogens is 289 g/mol. The Morgan fingerprint density at radius 3 is 2.94 bits per heavy atom. The minimum atomic E-state index is -1.26. The summed E-state index contributed by atoms with van der Waals surface area (Å²) in [7, 11) is 0. The van der Waals surface area contributed by atoms with Gasteiger partial charge in [-0.2, -0.15) is 0 Å². The van der Waals surface area contributed by atoms with E-state index in [1.54, 1.807) is 12.1 Å². The molecule has 2 N–H and O–H groups in total. The van der Waals surface area contributed by atoms with Crippen LogP contribution < -0.4 is 5.43 Å². The summed E-state index contributed by atoms with van der Waals surface area (Å²) in [5.74, 6) is -1.26. The maximum atomic E-state index is 11.9. The van der Waals surface area contributed by atoms with Crippen molar-refractivity contribution in [2.24, 2.45) is 0 Å². The Kier molecular flexibility index (Phi) is 2.10. The molecule has 3 aromatic rings. The Hall–Kier alpha value is -1.98. The molecule has 0 radical (unpaired) electrons. The average Bonchev–Trinajstić information content (AvgIpc) is 2.77. The van der Waals surface area contributed by atoms with Gasteiger partial charge in [0.15, 0.2) is 0 Å². The topological polar surface area (TPSA) is 95.9 Å². The fraction of sp³-hybridized carbons (Fsp3) is 0. The van der Waals surface area contributed by atoms with E-state index in [1.165, 1.54) is 0 Å². The van der Waals surface area contributed by atoms with Crippen LogP contribution in [0, 0.1) is 0 Å². The molecule has 0 aliphatic rings. The number of aromatic nitrogens is 3. The van der Waals surface area contributed by atoms with Gasteiger partial charge in [0.1, 0.15) is 0 Å². The number of nitrogens with one attached hydrogen (secondary N) is 1. The molecule has 6 nitrogen and oxygen atoms in total. The van der Waals surface area contributed by atoms with E-state index < -0.39 is 11.4 Å². The van der Waals surface area contributed by atoms with Gasteiger partial charge < -0.3 is 0 Å². The number of fused-ring (bicyclic) bond motifs is 3. The van der Waals surface area contributed by atoms with Crippen LogP contribution in [0.1, 0.15) is 10.4 Å². The van der Waals surface area contributed by atoms with Crippen LogP contribution in [0.15, 0.2) is 23.1 Å². The van der Waals surface area contributed by atoms with Crippen molar-refractivity contribution in [1.29, 1.82) is 0 Å². The van der Waals surface area contributed by atoms with Gasteiger partial charge in [-0.25, -0.2) is 0 Å². The Morgan fingerprint density at radius 2 is 2.18 bits per heavy atom. The fourth-order valence-corrected chi connectivity index (χ4v) is 2.90. The summed E-state index contributed by atoms with van der Waals surface area (Å²) in [5.41, 5.74) is 1.13. The quantitative estimate of drug-likeness (QED) is 0.626. The molecule has 0 aliphatic heterocycles. The van der Waals surface area contributed by atoms with Crippen LogP contribution in [0.5, 0.6) is 0 Å². The first-order valence-electron chi connectivity index (χ1n) is 4.67. The zero-order valence-corrected chi connectivity index (χ0v) is 10.0. The van der Waals surface area contributed by atoms with Gasteiger partial charge in [-0.1, -0.05) is 0 Å². The Labute approximate surface area is 100 Å². The predicted octanol–water partition coefficient (Wildman–Crippen LogP) is 0.226. The van der Waals surface area contributed by atoms with E-state index in [4.69, 9.17) is 5.11 Å². The first kappa shape index (κ1) is 10.2.